The van der Waals surface area contributed by atoms with Gasteiger partial charge in [0.05, 0.1) is 17.2 Å². The molecule has 138 valence electrons. The molecule has 1 amide bonds. The Hall–Kier alpha value is -1.49. The SMILES string of the molecule is CN1C=C(N2CCC[C@@]3(CCN(C4CCC(O)CC4)C3=O)C2)C=CC1. The van der Waals surface area contributed by atoms with Crippen LogP contribution in [0.3, 0.4) is 0 Å². The molecule has 0 bridgehead atoms. The van der Waals surface area contributed by atoms with E-state index in [0.717, 1.165) is 71.1 Å². The van der Waals surface area contributed by atoms with E-state index in [4.69, 9.17) is 0 Å². The fraction of sp³-hybridized carbons (Fsp3) is 0.750. The quantitative estimate of drug-likeness (QED) is 0.831. The molecule has 0 radical (unpaired) electrons. The molecular formula is C20H31N3O2. The lowest BCUT2D eigenvalue weighted by molar-refractivity contribution is -0.141. The van der Waals surface area contributed by atoms with E-state index in [9.17, 15) is 9.90 Å². The highest BCUT2D eigenvalue weighted by Gasteiger charge is 2.50. The Morgan fingerprint density at radius 2 is 1.96 bits per heavy atom. The second kappa shape index (κ2) is 6.67. The van der Waals surface area contributed by atoms with Crippen molar-refractivity contribution in [2.75, 3.05) is 33.2 Å². The molecule has 0 aromatic heterocycles. The van der Waals surface area contributed by atoms with Gasteiger partial charge in [0.25, 0.3) is 0 Å². The van der Waals surface area contributed by atoms with Crippen molar-refractivity contribution in [2.24, 2.45) is 5.41 Å². The maximum atomic E-state index is 13.3. The first kappa shape index (κ1) is 17.0. The normalized spacial score (nSPS) is 36.3. The molecular weight excluding hydrogens is 314 g/mol. The fourth-order valence-corrected chi connectivity index (χ4v) is 5.14. The van der Waals surface area contributed by atoms with E-state index in [1.54, 1.807) is 0 Å². The number of carbonyl (C=O) groups is 1. The van der Waals surface area contributed by atoms with Gasteiger partial charge in [-0.05, 0) is 51.0 Å². The summed E-state index contributed by atoms with van der Waals surface area (Å²) in [4.78, 5) is 20.1. The molecule has 0 unspecified atom stereocenters. The number of rotatable bonds is 2. The van der Waals surface area contributed by atoms with E-state index in [1.165, 1.54) is 5.70 Å². The van der Waals surface area contributed by atoms with E-state index in [0.29, 0.717) is 11.9 Å². The van der Waals surface area contributed by atoms with E-state index < -0.39 is 0 Å². The standard InChI is InChI=1S/C20H31N3O2/c1-21-11-2-4-17(14-21)22-12-3-9-20(15-22)10-13-23(19(20)25)16-5-7-18(24)8-6-16/h2,4,14,16,18,24H,3,5-13,15H2,1H3/t16?,18?,20-/m1/s1. The Bertz CT molecular complexity index is 579. The summed E-state index contributed by atoms with van der Waals surface area (Å²) in [5.74, 6) is 0.382. The maximum absolute atomic E-state index is 13.3. The Labute approximate surface area is 151 Å². The summed E-state index contributed by atoms with van der Waals surface area (Å²) >= 11 is 0. The number of likely N-dealkylation sites (tertiary alicyclic amines) is 2. The minimum atomic E-state index is -0.182. The molecule has 0 aromatic carbocycles. The Morgan fingerprint density at radius 1 is 1.16 bits per heavy atom. The summed E-state index contributed by atoms with van der Waals surface area (Å²) in [7, 11) is 2.10. The van der Waals surface area contributed by atoms with Gasteiger partial charge in [-0.25, -0.2) is 0 Å². The average molecular weight is 345 g/mol. The lowest BCUT2D eigenvalue weighted by Crippen LogP contribution is -2.49. The number of likely N-dealkylation sites (N-methyl/N-ethyl adjacent to an activating group) is 1. The van der Waals surface area contributed by atoms with Crippen molar-refractivity contribution in [1.29, 1.82) is 0 Å². The van der Waals surface area contributed by atoms with Gasteiger partial charge in [0.15, 0.2) is 0 Å². The third kappa shape index (κ3) is 3.19. The molecule has 2 saturated heterocycles. The zero-order valence-electron chi connectivity index (χ0n) is 15.4. The molecule has 1 spiro atoms. The number of allylic oxidation sites excluding steroid dienone is 1. The van der Waals surface area contributed by atoms with E-state index in [-0.39, 0.29) is 11.5 Å². The monoisotopic (exact) mass is 345 g/mol. The van der Waals surface area contributed by atoms with Gasteiger partial charge < -0.3 is 19.8 Å². The van der Waals surface area contributed by atoms with Crippen LogP contribution in [0, 0.1) is 5.41 Å². The Morgan fingerprint density at radius 3 is 2.72 bits per heavy atom. The molecule has 5 nitrogen and oxygen atoms in total. The molecule has 4 rings (SSSR count). The van der Waals surface area contributed by atoms with Crippen molar-refractivity contribution in [3.63, 3.8) is 0 Å². The molecule has 4 aliphatic rings. The second-order valence-corrected chi connectivity index (χ2v) is 8.41. The topological polar surface area (TPSA) is 47.0 Å². The third-order valence-corrected chi connectivity index (χ3v) is 6.63. The number of aliphatic hydroxyl groups excluding tert-OH is 1. The second-order valence-electron chi connectivity index (χ2n) is 8.41. The van der Waals surface area contributed by atoms with Crippen LogP contribution in [0.15, 0.2) is 24.0 Å². The zero-order chi connectivity index (χ0) is 17.4. The number of aliphatic hydroxyl groups is 1. The van der Waals surface area contributed by atoms with E-state index in [1.807, 2.05) is 0 Å². The lowest BCUT2D eigenvalue weighted by atomic mass is 9.78. The number of amides is 1. The molecule has 0 aromatic rings. The number of carbonyl (C=O) groups excluding carboxylic acids is 1. The molecule has 1 atom stereocenters. The summed E-state index contributed by atoms with van der Waals surface area (Å²) in [5, 5.41) is 9.75. The van der Waals surface area contributed by atoms with Crippen LogP contribution in [0.2, 0.25) is 0 Å². The van der Waals surface area contributed by atoms with Crippen LogP contribution in [0.25, 0.3) is 0 Å². The van der Waals surface area contributed by atoms with Gasteiger partial charge in [0, 0.05) is 45.5 Å². The summed E-state index contributed by atoms with van der Waals surface area (Å²) in [6.45, 7) is 3.78. The predicted molar refractivity (Wildman–Crippen MR) is 97.7 cm³/mol. The van der Waals surface area contributed by atoms with Crippen LogP contribution < -0.4 is 0 Å². The van der Waals surface area contributed by atoms with Crippen molar-refractivity contribution >= 4 is 5.91 Å². The van der Waals surface area contributed by atoms with Crippen molar-refractivity contribution in [3.8, 4) is 0 Å². The number of hydrogen-bond donors (Lipinski definition) is 1. The van der Waals surface area contributed by atoms with Gasteiger partial charge in [-0.3, -0.25) is 4.79 Å². The zero-order valence-corrected chi connectivity index (χ0v) is 15.4. The van der Waals surface area contributed by atoms with Gasteiger partial charge in [0.2, 0.25) is 5.91 Å². The third-order valence-electron chi connectivity index (χ3n) is 6.63. The minimum absolute atomic E-state index is 0.157. The van der Waals surface area contributed by atoms with Crippen LogP contribution in [-0.4, -0.2) is 71.1 Å². The van der Waals surface area contributed by atoms with Crippen molar-refractivity contribution < 1.29 is 9.90 Å². The van der Waals surface area contributed by atoms with Crippen LogP contribution in [0.1, 0.15) is 44.9 Å². The summed E-state index contributed by atoms with van der Waals surface area (Å²) in [5.41, 5.74) is 1.07. The molecule has 25 heavy (non-hydrogen) atoms. The number of nitrogens with zero attached hydrogens (tertiary/aromatic N) is 3. The predicted octanol–water partition coefficient (Wildman–Crippen LogP) is 1.95. The van der Waals surface area contributed by atoms with Crippen LogP contribution >= 0.6 is 0 Å². The highest BCUT2D eigenvalue weighted by Crippen LogP contribution is 2.43. The first-order chi connectivity index (χ1) is 12.1. The summed E-state index contributed by atoms with van der Waals surface area (Å²) in [6, 6.07) is 0.352. The van der Waals surface area contributed by atoms with Crippen molar-refractivity contribution in [3.05, 3.63) is 24.0 Å². The molecule has 3 fully saturated rings. The maximum Gasteiger partial charge on any atom is 0.230 e. The van der Waals surface area contributed by atoms with Gasteiger partial charge in [-0.15, -0.1) is 0 Å². The van der Waals surface area contributed by atoms with E-state index in [2.05, 4.69) is 40.1 Å². The lowest BCUT2D eigenvalue weighted by Gasteiger charge is -2.42. The van der Waals surface area contributed by atoms with Crippen LogP contribution in [0.5, 0.6) is 0 Å². The fourth-order valence-electron chi connectivity index (χ4n) is 5.14. The molecule has 3 aliphatic heterocycles. The molecule has 1 saturated carbocycles. The van der Waals surface area contributed by atoms with Crippen LogP contribution in [-0.2, 0) is 4.79 Å². The smallest absolute Gasteiger partial charge is 0.230 e. The van der Waals surface area contributed by atoms with Gasteiger partial charge >= 0.3 is 0 Å². The van der Waals surface area contributed by atoms with Gasteiger partial charge in [0.1, 0.15) is 0 Å². The average Bonchev–Trinajstić information content (AvgIpc) is 2.92. The molecule has 5 heteroatoms. The molecule has 1 N–H and O–H groups in total. The first-order valence-electron chi connectivity index (χ1n) is 9.90. The van der Waals surface area contributed by atoms with Crippen LogP contribution in [0.4, 0.5) is 0 Å². The number of hydrogen-bond acceptors (Lipinski definition) is 4. The molecule has 3 heterocycles. The number of piperidine rings is 1. The summed E-state index contributed by atoms with van der Waals surface area (Å²) in [6.07, 6.45) is 13.2. The van der Waals surface area contributed by atoms with Gasteiger partial charge in [-0.2, -0.15) is 0 Å². The Kier molecular flexibility index (Phi) is 4.52. The highest BCUT2D eigenvalue weighted by molar-refractivity contribution is 5.85. The van der Waals surface area contributed by atoms with E-state index >= 15 is 0 Å². The first-order valence-corrected chi connectivity index (χ1v) is 9.90. The minimum Gasteiger partial charge on any atom is -0.393 e. The van der Waals surface area contributed by atoms with Gasteiger partial charge in [-0.1, -0.05) is 6.08 Å². The largest absolute Gasteiger partial charge is 0.393 e. The summed E-state index contributed by atoms with van der Waals surface area (Å²) < 4.78 is 0. The Balaban J connectivity index is 1.46. The molecule has 1 aliphatic carbocycles. The highest BCUT2D eigenvalue weighted by atomic mass is 16.3. The van der Waals surface area contributed by atoms with Crippen molar-refractivity contribution in [1.82, 2.24) is 14.7 Å². The van der Waals surface area contributed by atoms with Crippen molar-refractivity contribution in [2.45, 2.75) is 57.1 Å².